The van der Waals surface area contributed by atoms with Gasteiger partial charge < -0.3 is 10.6 Å². The van der Waals surface area contributed by atoms with E-state index in [-0.39, 0.29) is 11.9 Å². The first-order chi connectivity index (χ1) is 7.63. The Labute approximate surface area is 109 Å². The molecule has 0 aromatic carbocycles. The Morgan fingerprint density at radius 3 is 2.69 bits per heavy atom. The second-order valence-electron chi connectivity index (χ2n) is 3.38. The molecular weight excluding hydrogens is 319 g/mol. The summed E-state index contributed by atoms with van der Waals surface area (Å²) in [5.41, 5.74) is 0. The van der Waals surface area contributed by atoms with Gasteiger partial charge >= 0.3 is 0 Å². The Morgan fingerprint density at radius 1 is 1.50 bits per heavy atom. The van der Waals surface area contributed by atoms with Gasteiger partial charge in [0.1, 0.15) is 6.04 Å². The topological polar surface area (TPSA) is 66.9 Å². The Bertz CT molecular complexity index is 341. The van der Waals surface area contributed by atoms with Crippen LogP contribution in [0.4, 0.5) is 5.95 Å². The summed E-state index contributed by atoms with van der Waals surface area (Å²) in [6.45, 7) is 4.49. The average Bonchev–Trinajstić information content (AvgIpc) is 2.29. The van der Waals surface area contributed by atoms with Gasteiger partial charge in [0.25, 0.3) is 0 Å². The molecule has 88 valence electrons. The lowest BCUT2D eigenvalue weighted by Crippen LogP contribution is -2.38. The third-order valence-corrected chi connectivity index (χ3v) is 2.47. The minimum absolute atomic E-state index is 0.0380. The van der Waals surface area contributed by atoms with E-state index in [1.165, 1.54) is 0 Å². The summed E-state index contributed by atoms with van der Waals surface area (Å²) in [7, 11) is 0. The standard InChI is InChI=1S/C10H15IN4O/c1-3-4-12-9(16)7(2)15-10-13-5-8(11)6-14-10/h5-7H,3-4H2,1-2H3,(H,12,16)(H,13,14,15). The van der Waals surface area contributed by atoms with E-state index in [0.29, 0.717) is 12.5 Å². The summed E-state index contributed by atoms with van der Waals surface area (Å²) in [6, 6.07) is -0.327. The van der Waals surface area contributed by atoms with Gasteiger partial charge in [-0.2, -0.15) is 0 Å². The molecule has 1 rings (SSSR count). The van der Waals surface area contributed by atoms with Crippen LogP contribution in [-0.4, -0.2) is 28.5 Å². The zero-order valence-corrected chi connectivity index (χ0v) is 11.5. The molecule has 0 aliphatic carbocycles. The van der Waals surface area contributed by atoms with Gasteiger partial charge in [0, 0.05) is 22.5 Å². The molecule has 2 N–H and O–H groups in total. The lowest BCUT2D eigenvalue weighted by atomic mass is 10.3. The molecule has 0 fully saturated rings. The maximum absolute atomic E-state index is 11.5. The molecule has 0 spiro atoms. The van der Waals surface area contributed by atoms with Crippen LogP contribution in [0.25, 0.3) is 0 Å². The van der Waals surface area contributed by atoms with Gasteiger partial charge in [0.05, 0.1) is 0 Å². The molecule has 1 heterocycles. The van der Waals surface area contributed by atoms with Crippen LogP contribution in [0.1, 0.15) is 20.3 Å². The third-order valence-electron chi connectivity index (χ3n) is 1.91. The predicted octanol–water partition coefficient (Wildman–Crippen LogP) is 1.41. The minimum atomic E-state index is -0.327. The molecule has 16 heavy (non-hydrogen) atoms. The number of carbonyl (C=O) groups excluding carboxylic acids is 1. The molecule has 0 radical (unpaired) electrons. The molecule has 0 saturated heterocycles. The Balaban J connectivity index is 2.47. The van der Waals surface area contributed by atoms with Crippen LogP contribution in [0.2, 0.25) is 0 Å². The fourth-order valence-corrected chi connectivity index (χ4v) is 1.33. The van der Waals surface area contributed by atoms with E-state index in [1.807, 2.05) is 6.92 Å². The second kappa shape index (κ2) is 6.62. The molecule has 1 aromatic rings. The number of halogens is 1. The molecule has 0 bridgehead atoms. The Kier molecular flexibility index (Phi) is 5.44. The lowest BCUT2D eigenvalue weighted by Gasteiger charge is -2.13. The van der Waals surface area contributed by atoms with Crippen molar-refractivity contribution in [3.63, 3.8) is 0 Å². The van der Waals surface area contributed by atoms with Crippen LogP contribution in [0.5, 0.6) is 0 Å². The summed E-state index contributed by atoms with van der Waals surface area (Å²) in [4.78, 5) is 19.7. The van der Waals surface area contributed by atoms with Crippen molar-refractivity contribution in [2.45, 2.75) is 26.3 Å². The van der Waals surface area contributed by atoms with Gasteiger partial charge in [0.15, 0.2) is 0 Å². The Hall–Kier alpha value is -0.920. The van der Waals surface area contributed by atoms with Crippen molar-refractivity contribution in [1.82, 2.24) is 15.3 Å². The summed E-state index contributed by atoms with van der Waals surface area (Å²) in [6.07, 6.45) is 4.33. The van der Waals surface area contributed by atoms with E-state index in [0.717, 1.165) is 9.99 Å². The van der Waals surface area contributed by atoms with Crippen molar-refractivity contribution in [3.05, 3.63) is 16.0 Å². The SMILES string of the molecule is CCCNC(=O)C(C)Nc1ncc(I)cn1. The number of nitrogens with zero attached hydrogens (tertiary/aromatic N) is 2. The van der Waals surface area contributed by atoms with E-state index in [4.69, 9.17) is 0 Å². The number of hydrogen-bond acceptors (Lipinski definition) is 4. The van der Waals surface area contributed by atoms with Gasteiger partial charge in [-0.25, -0.2) is 9.97 Å². The van der Waals surface area contributed by atoms with E-state index >= 15 is 0 Å². The quantitative estimate of drug-likeness (QED) is 0.799. The lowest BCUT2D eigenvalue weighted by molar-refractivity contribution is -0.121. The first kappa shape index (κ1) is 13.1. The van der Waals surface area contributed by atoms with E-state index in [1.54, 1.807) is 19.3 Å². The monoisotopic (exact) mass is 334 g/mol. The molecule has 5 nitrogen and oxygen atoms in total. The highest BCUT2D eigenvalue weighted by atomic mass is 127. The highest BCUT2D eigenvalue weighted by Crippen LogP contribution is 2.04. The van der Waals surface area contributed by atoms with Gasteiger partial charge in [-0.3, -0.25) is 4.79 Å². The zero-order valence-electron chi connectivity index (χ0n) is 9.33. The summed E-state index contributed by atoms with van der Waals surface area (Å²) >= 11 is 2.13. The van der Waals surface area contributed by atoms with Crippen LogP contribution in [-0.2, 0) is 4.79 Å². The van der Waals surface area contributed by atoms with Gasteiger partial charge in [-0.1, -0.05) is 6.92 Å². The zero-order chi connectivity index (χ0) is 12.0. The number of nitrogens with one attached hydrogen (secondary N) is 2. The number of carbonyl (C=O) groups is 1. The van der Waals surface area contributed by atoms with Crippen LogP contribution in [0.3, 0.4) is 0 Å². The highest BCUT2D eigenvalue weighted by molar-refractivity contribution is 14.1. The molecular formula is C10H15IN4O. The highest BCUT2D eigenvalue weighted by Gasteiger charge is 2.12. The molecule has 1 amide bonds. The maximum Gasteiger partial charge on any atom is 0.242 e. The molecule has 1 unspecified atom stereocenters. The van der Waals surface area contributed by atoms with Crippen LogP contribution in [0.15, 0.2) is 12.4 Å². The molecule has 1 atom stereocenters. The number of aromatic nitrogens is 2. The van der Waals surface area contributed by atoms with Crippen molar-refractivity contribution in [2.24, 2.45) is 0 Å². The number of rotatable bonds is 5. The summed E-state index contributed by atoms with van der Waals surface area (Å²) in [5.74, 6) is 0.434. The third kappa shape index (κ3) is 4.30. The second-order valence-corrected chi connectivity index (χ2v) is 4.63. The van der Waals surface area contributed by atoms with Crippen molar-refractivity contribution in [1.29, 1.82) is 0 Å². The van der Waals surface area contributed by atoms with Crippen molar-refractivity contribution in [3.8, 4) is 0 Å². The fourth-order valence-electron chi connectivity index (χ4n) is 1.05. The van der Waals surface area contributed by atoms with Crippen LogP contribution in [0, 0.1) is 3.57 Å². The fraction of sp³-hybridized carbons (Fsp3) is 0.500. The predicted molar refractivity (Wildman–Crippen MR) is 71.1 cm³/mol. The Morgan fingerprint density at radius 2 is 2.12 bits per heavy atom. The van der Waals surface area contributed by atoms with Crippen LogP contribution < -0.4 is 10.6 Å². The number of amides is 1. The van der Waals surface area contributed by atoms with Gasteiger partial charge in [0.2, 0.25) is 11.9 Å². The number of anilines is 1. The van der Waals surface area contributed by atoms with Crippen LogP contribution >= 0.6 is 22.6 Å². The normalized spacial score (nSPS) is 11.9. The van der Waals surface area contributed by atoms with E-state index in [9.17, 15) is 4.79 Å². The van der Waals surface area contributed by atoms with E-state index in [2.05, 4.69) is 43.2 Å². The first-order valence-corrected chi connectivity index (χ1v) is 6.23. The van der Waals surface area contributed by atoms with Gasteiger partial charge in [-0.15, -0.1) is 0 Å². The van der Waals surface area contributed by atoms with Crippen molar-refractivity contribution in [2.75, 3.05) is 11.9 Å². The number of hydrogen-bond donors (Lipinski definition) is 2. The average molecular weight is 334 g/mol. The van der Waals surface area contributed by atoms with E-state index < -0.39 is 0 Å². The van der Waals surface area contributed by atoms with Gasteiger partial charge in [-0.05, 0) is 35.9 Å². The smallest absolute Gasteiger partial charge is 0.242 e. The maximum atomic E-state index is 11.5. The molecule has 6 heteroatoms. The van der Waals surface area contributed by atoms with Crippen molar-refractivity contribution >= 4 is 34.4 Å². The molecule has 0 saturated carbocycles. The molecule has 1 aromatic heterocycles. The molecule has 0 aliphatic rings. The first-order valence-electron chi connectivity index (χ1n) is 5.15. The summed E-state index contributed by atoms with van der Waals surface area (Å²) in [5, 5.41) is 5.75. The largest absolute Gasteiger partial charge is 0.354 e. The van der Waals surface area contributed by atoms with Crippen molar-refractivity contribution < 1.29 is 4.79 Å². The summed E-state index contributed by atoms with van der Waals surface area (Å²) < 4.78 is 0.964. The minimum Gasteiger partial charge on any atom is -0.354 e. The molecule has 0 aliphatic heterocycles.